The summed E-state index contributed by atoms with van der Waals surface area (Å²) < 4.78 is 39.4. The van der Waals surface area contributed by atoms with Gasteiger partial charge in [0.05, 0.1) is 66.5 Å². The molecular formula is C36H62O11. The Kier molecular flexibility index (Phi) is 10.9. The number of hydrogen-bond acceptors (Lipinski definition) is 10. The van der Waals surface area contributed by atoms with Crippen molar-refractivity contribution in [3.63, 3.8) is 0 Å². The highest BCUT2D eigenvalue weighted by Gasteiger charge is 2.62. The number of ether oxygens (including phenoxy) is 6. The largest absolute Gasteiger partial charge is 0.481 e. The van der Waals surface area contributed by atoms with E-state index in [9.17, 15) is 25.2 Å². The summed E-state index contributed by atoms with van der Waals surface area (Å²) in [5.41, 5.74) is -1.15. The van der Waals surface area contributed by atoms with Crippen LogP contribution < -0.4 is 0 Å². The van der Waals surface area contributed by atoms with Gasteiger partial charge in [-0.3, -0.25) is 4.79 Å². The maximum absolute atomic E-state index is 11.8. The number of carbonyl (C=O) groups is 1. The van der Waals surface area contributed by atoms with Crippen molar-refractivity contribution in [1.82, 2.24) is 0 Å². The fourth-order valence-corrected chi connectivity index (χ4v) is 9.91. The maximum Gasteiger partial charge on any atom is 0.308 e. The molecule has 0 radical (unpaired) electrons. The van der Waals surface area contributed by atoms with Gasteiger partial charge in [-0.1, -0.05) is 41.5 Å². The minimum atomic E-state index is -1.56. The quantitative estimate of drug-likeness (QED) is 0.264. The van der Waals surface area contributed by atoms with Gasteiger partial charge in [0.2, 0.25) is 0 Å². The molecule has 5 rings (SSSR count). The van der Waals surface area contributed by atoms with Crippen molar-refractivity contribution in [3.8, 4) is 0 Å². The first-order valence-electron chi connectivity index (χ1n) is 18.1. The molecule has 5 saturated heterocycles. The van der Waals surface area contributed by atoms with Gasteiger partial charge in [-0.05, 0) is 64.2 Å². The SMILES string of the molecule is CC[C@@]1([C@@H]2O[C@H]([C@@H]3O[C@@](O)(CO)[C@H](C)C[C@@H]3C)C[C@@H]2C)CC[C@H]([C@]2(C)CC[C@]3(C[C@H](O)[C@@H](C)[C@@H]([C@@H](C)[C@@H](OC)[C@@H](C)C(=O)O)O3)O2)O1. The molecule has 11 heteroatoms. The van der Waals surface area contributed by atoms with E-state index in [0.29, 0.717) is 19.3 Å². The van der Waals surface area contributed by atoms with Crippen LogP contribution >= 0.6 is 0 Å². The predicted octanol–water partition coefficient (Wildman–Crippen LogP) is 4.27. The van der Waals surface area contributed by atoms with E-state index in [1.54, 1.807) is 6.92 Å². The van der Waals surface area contributed by atoms with Gasteiger partial charge in [-0.15, -0.1) is 0 Å². The average Bonchev–Trinajstić information content (AvgIpc) is 3.73. The number of methoxy groups -OCH3 is 1. The second-order valence-electron chi connectivity index (χ2n) is 16.3. The molecule has 0 aromatic heterocycles. The molecule has 5 heterocycles. The summed E-state index contributed by atoms with van der Waals surface area (Å²) >= 11 is 0. The van der Waals surface area contributed by atoms with E-state index in [-0.39, 0.29) is 54.0 Å². The molecule has 0 unspecified atom stereocenters. The second kappa shape index (κ2) is 13.7. The molecule has 0 saturated carbocycles. The Balaban J connectivity index is 1.29. The lowest BCUT2D eigenvalue weighted by Crippen LogP contribution is -2.57. The molecule has 0 bridgehead atoms. The molecule has 5 aliphatic rings. The third-order valence-corrected chi connectivity index (χ3v) is 13.0. The van der Waals surface area contributed by atoms with Gasteiger partial charge in [0.1, 0.15) is 0 Å². The predicted molar refractivity (Wildman–Crippen MR) is 172 cm³/mol. The van der Waals surface area contributed by atoms with Crippen LogP contribution in [0.1, 0.15) is 107 Å². The lowest BCUT2D eigenvalue weighted by atomic mass is 9.78. The van der Waals surface area contributed by atoms with Crippen LogP contribution in [0, 0.1) is 35.5 Å². The van der Waals surface area contributed by atoms with Crippen molar-refractivity contribution in [2.75, 3.05) is 13.7 Å². The minimum Gasteiger partial charge on any atom is -0.481 e. The smallest absolute Gasteiger partial charge is 0.308 e. The number of carboxylic acid groups (broad SMARTS) is 1. The first-order chi connectivity index (χ1) is 22.0. The number of aliphatic hydroxyl groups is 3. The van der Waals surface area contributed by atoms with Crippen LogP contribution in [0.5, 0.6) is 0 Å². The Morgan fingerprint density at radius 1 is 1.02 bits per heavy atom. The molecule has 272 valence electrons. The third-order valence-electron chi connectivity index (χ3n) is 13.0. The van der Waals surface area contributed by atoms with E-state index in [1.807, 2.05) is 20.8 Å². The van der Waals surface area contributed by atoms with Gasteiger partial charge in [-0.25, -0.2) is 0 Å². The molecule has 1 spiro atoms. The molecule has 47 heavy (non-hydrogen) atoms. The van der Waals surface area contributed by atoms with E-state index in [0.717, 1.165) is 32.1 Å². The lowest BCUT2D eigenvalue weighted by Gasteiger charge is -2.49. The van der Waals surface area contributed by atoms with Gasteiger partial charge in [0, 0.05) is 37.7 Å². The number of aliphatic hydroxyl groups excluding tert-OH is 2. The van der Waals surface area contributed by atoms with E-state index in [1.165, 1.54) is 7.11 Å². The van der Waals surface area contributed by atoms with Crippen molar-refractivity contribution in [1.29, 1.82) is 0 Å². The number of rotatable bonds is 10. The summed E-state index contributed by atoms with van der Waals surface area (Å²) in [6.45, 7) is 15.6. The first-order valence-corrected chi connectivity index (χ1v) is 18.1. The second-order valence-corrected chi connectivity index (χ2v) is 16.3. The molecule has 17 atom stereocenters. The number of aliphatic carboxylic acids is 1. The van der Waals surface area contributed by atoms with Crippen LogP contribution in [-0.2, 0) is 33.2 Å². The standard InChI is InChI=1S/C36H62O11/c1-10-34(31-20(3)16-26(43-31)28-19(2)15-21(4)36(41,18-37)46-28)12-11-27(44-34)33(8)13-14-35(47-33)17-25(38)22(5)30(45-35)23(6)29(42-9)24(7)32(39)40/h19-31,37-38,41H,10-18H2,1-9H3,(H,39,40)/t19-,20-,21+,22+,23-,24+,25-,26-,27+,28+,29+,30-,31+,33-,34-,35+,36-/m0/s1. The van der Waals surface area contributed by atoms with Gasteiger partial charge in [-0.2, -0.15) is 0 Å². The maximum atomic E-state index is 11.8. The summed E-state index contributed by atoms with van der Waals surface area (Å²) in [6, 6.07) is 0. The van der Waals surface area contributed by atoms with Crippen molar-refractivity contribution in [2.45, 2.75) is 172 Å². The summed E-state index contributed by atoms with van der Waals surface area (Å²) in [5, 5.41) is 41.8. The van der Waals surface area contributed by atoms with Crippen molar-refractivity contribution >= 4 is 5.97 Å². The molecule has 0 aromatic carbocycles. The summed E-state index contributed by atoms with van der Waals surface area (Å²) in [5.74, 6) is -4.52. The lowest BCUT2D eigenvalue weighted by molar-refractivity contribution is -0.336. The first kappa shape index (κ1) is 37.4. The van der Waals surface area contributed by atoms with Gasteiger partial charge >= 0.3 is 5.97 Å². The fraction of sp³-hybridized carbons (Fsp3) is 0.972. The Bertz CT molecular complexity index is 1110. The van der Waals surface area contributed by atoms with Gasteiger partial charge in [0.25, 0.3) is 0 Å². The molecule has 5 fully saturated rings. The van der Waals surface area contributed by atoms with Crippen molar-refractivity contribution in [2.24, 2.45) is 35.5 Å². The van der Waals surface area contributed by atoms with Crippen molar-refractivity contribution in [3.05, 3.63) is 0 Å². The normalized spacial score (nSPS) is 50.9. The van der Waals surface area contributed by atoms with E-state index in [4.69, 9.17) is 28.4 Å². The highest BCUT2D eigenvalue weighted by Crippen LogP contribution is 2.55. The number of hydrogen-bond donors (Lipinski definition) is 4. The zero-order chi connectivity index (χ0) is 34.7. The van der Waals surface area contributed by atoms with Crippen LogP contribution in [0.15, 0.2) is 0 Å². The van der Waals surface area contributed by atoms with Crippen LogP contribution in [-0.4, -0.2) is 106 Å². The average molecular weight is 671 g/mol. The molecule has 0 amide bonds. The van der Waals surface area contributed by atoms with Crippen LogP contribution in [0.4, 0.5) is 0 Å². The minimum absolute atomic E-state index is 0.153. The third kappa shape index (κ3) is 6.67. The zero-order valence-corrected chi connectivity index (χ0v) is 30.0. The molecule has 4 N–H and O–H groups in total. The number of carboxylic acids is 1. The molecular weight excluding hydrogens is 608 g/mol. The zero-order valence-electron chi connectivity index (χ0n) is 30.0. The van der Waals surface area contributed by atoms with Crippen LogP contribution in [0.2, 0.25) is 0 Å². The van der Waals surface area contributed by atoms with Crippen LogP contribution in [0.25, 0.3) is 0 Å². The molecule has 0 aromatic rings. The van der Waals surface area contributed by atoms with E-state index >= 15 is 0 Å². The Morgan fingerprint density at radius 2 is 1.72 bits per heavy atom. The van der Waals surface area contributed by atoms with Crippen molar-refractivity contribution < 1.29 is 53.6 Å². The molecule has 5 aliphatic heterocycles. The summed E-state index contributed by atoms with van der Waals surface area (Å²) in [6.07, 6.45) is 2.99. The Morgan fingerprint density at radius 3 is 2.34 bits per heavy atom. The topological polar surface area (TPSA) is 153 Å². The molecule has 0 aliphatic carbocycles. The summed E-state index contributed by atoms with van der Waals surface area (Å²) in [7, 11) is 1.52. The van der Waals surface area contributed by atoms with E-state index < -0.39 is 59.6 Å². The monoisotopic (exact) mass is 670 g/mol. The van der Waals surface area contributed by atoms with E-state index in [2.05, 4.69) is 27.7 Å². The fourth-order valence-electron chi connectivity index (χ4n) is 9.91. The highest BCUT2D eigenvalue weighted by atomic mass is 16.7. The Labute approximate surface area is 281 Å². The highest BCUT2D eigenvalue weighted by molar-refractivity contribution is 5.70. The van der Waals surface area contributed by atoms with Gasteiger partial charge in [0.15, 0.2) is 11.6 Å². The molecule has 11 nitrogen and oxygen atoms in total. The summed E-state index contributed by atoms with van der Waals surface area (Å²) in [4.78, 5) is 11.8. The van der Waals surface area contributed by atoms with Gasteiger partial charge < -0.3 is 48.8 Å². The van der Waals surface area contributed by atoms with Crippen LogP contribution in [0.3, 0.4) is 0 Å². The Hall–Kier alpha value is -0.890.